The first-order valence-electron chi connectivity index (χ1n) is 16.9. The zero-order valence-electron chi connectivity index (χ0n) is 27.8. The minimum absolute atomic E-state index is 0.0702. The van der Waals surface area contributed by atoms with E-state index in [1.165, 1.54) is 28.2 Å². The SMILES string of the molecule is CCNC(=O)C(=O)CCC(NC(=O)c1csc2ccccc12)C(=O)Nc1cccn(CC(=O)NC23CCCC(C)C2CCC(C)C3)c1=O. The molecule has 5 unspecified atom stereocenters. The van der Waals surface area contributed by atoms with Crippen LogP contribution in [0.4, 0.5) is 5.69 Å². The molecule has 2 aliphatic carbocycles. The molecule has 4 N–H and O–H groups in total. The molecule has 0 saturated heterocycles. The minimum atomic E-state index is -1.23. The number of fused-ring (bicyclic) bond motifs is 2. The molecule has 2 aliphatic rings. The number of rotatable bonds is 12. The zero-order valence-corrected chi connectivity index (χ0v) is 28.6. The first-order valence-corrected chi connectivity index (χ1v) is 17.8. The number of benzene rings is 1. The number of likely N-dealkylation sites (N-methyl/N-ethyl adjacent to an activating group) is 1. The summed E-state index contributed by atoms with van der Waals surface area (Å²) in [6.07, 6.45) is 7.34. The van der Waals surface area contributed by atoms with Crippen LogP contribution in [0.25, 0.3) is 10.1 Å². The number of aromatic nitrogens is 1. The van der Waals surface area contributed by atoms with Crippen LogP contribution in [0.3, 0.4) is 0 Å². The fourth-order valence-electron chi connectivity index (χ4n) is 7.63. The van der Waals surface area contributed by atoms with Crippen molar-refractivity contribution in [2.45, 2.75) is 90.3 Å². The van der Waals surface area contributed by atoms with E-state index in [1.807, 2.05) is 18.2 Å². The van der Waals surface area contributed by atoms with Gasteiger partial charge in [-0.2, -0.15) is 0 Å². The van der Waals surface area contributed by atoms with Crippen LogP contribution in [0.1, 0.15) is 82.5 Å². The second kappa shape index (κ2) is 15.3. The van der Waals surface area contributed by atoms with Gasteiger partial charge in [-0.3, -0.25) is 28.8 Å². The maximum atomic E-state index is 13.6. The van der Waals surface area contributed by atoms with Crippen molar-refractivity contribution in [2.24, 2.45) is 17.8 Å². The molecule has 0 aliphatic heterocycles. The maximum Gasteiger partial charge on any atom is 0.287 e. The number of thiophene rings is 1. The predicted octanol–water partition coefficient (Wildman–Crippen LogP) is 4.40. The van der Waals surface area contributed by atoms with Gasteiger partial charge in [-0.05, 0) is 68.6 Å². The number of nitrogens with zero attached hydrogens (tertiary/aromatic N) is 1. The molecule has 12 heteroatoms. The number of pyridine rings is 1. The van der Waals surface area contributed by atoms with E-state index in [4.69, 9.17) is 0 Å². The highest BCUT2D eigenvalue weighted by molar-refractivity contribution is 7.17. The first kappa shape index (κ1) is 35.0. The Labute approximate surface area is 284 Å². The second-order valence-electron chi connectivity index (χ2n) is 13.4. The number of carbonyl (C=O) groups is 5. The van der Waals surface area contributed by atoms with Crippen LogP contribution < -0.4 is 26.8 Å². The van der Waals surface area contributed by atoms with Crippen molar-refractivity contribution in [2.75, 3.05) is 11.9 Å². The van der Waals surface area contributed by atoms with E-state index < -0.39 is 35.1 Å². The van der Waals surface area contributed by atoms with E-state index >= 15 is 0 Å². The molecule has 48 heavy (non-hydrogen) atoms. The van der Waals surface area contributed by atoms with E-state index in [2.05, 4.69) is 35.1 Å². The normalized spacial score (nSPS) is 22.6. The molecule has 0 radical (unpaired) electrons. The van der Waals surface area contributed by atoms with Crippen LogP contribution in [0.15, 0.2) is 52.8 Å². The standard InChI is InChI=1S/C36H45N5O6S/c1-4-37-34(46)29(42)16-15-27(38-32(44)25-21-48-30-12-6-5-10-24(25)30)33(45)39-28-11-8-18-41(35(28)47)20-31(43)40-36-17-7-9-23(3)26(36)14-13-22(2)19-36/h5-6,8,10-12,18,21-23,26-27H,4,7,9,13-17,19-20H2,1-3H3,(H,37,46)(H,38,44)(H,39,45)(H,40,43). The Kier molecular flexibility index (Phi) is 11.1. The lowest BCUT2D eigenvalue weighted by Crippen LogP contribution is -2.60. The Morgan fingerprint density at radius 3 is 2.62 bits per heavy atom. The number of hydrogen-bond acceptors (Lipinski definition) is 7. The van der Waals surface area contributed by atoms with Crippen molar-refractivity contribution in [3.8, 4) is 0 Å². The topological polar surface area (TPSA) is 155 Å². The molecular weight excluding hydrogens is 630 g/mol. The van der Waals surface area contributed by atoms with Crippen molar-refractivity contribution in [3.63, 3.8) is 0 Å². The fourth-order valence-corrected chi connectivity index (χ4v) is 8.57. The van der Waals surface area contributed by atoms with Gasteiger partial charge in [-0.25, -0.2) is 0 Å². The molecule has 1 aromatic carbocycles. The molecular formula is C36H45N5O6S. The van der Waals surface area contributed by atoms with Gasteiger partial charge in [0.2, 0.25) is 17.6 Å². The molecule has 256 valence electrons. The summed E-state index contributed by atoms with van der Waals surface area (Å²) in [6, 6.07) is 9.13. The molecule has 3 aromatic rings. The highest BCUT2D eigenvalue weighted by atomic mass is 32.1. The van der Waals surface area contributed by atoms with Crippen molar-refractivity contribution in [1.82, 2.24) is 20.5 Å². The third-order valence-electron chi connectivity index (χ3n) is 9.94. The van der Waals surface area contributed by atoms with Gasteiger partial charge in [0.1, 0.15) is 18.3 Å². The van der Waals surface area contributed by atoms with Gasteiger partial charge in [0, 0.05) is 40.2 Å². The second-order valence-corrected chi connectivity index (χ2v) is 14.3. The number of amides is 4. The van der Waals surface area contributed by atoms with E-state index in [0.717, 1.165) is 48.6 Å². The average Bonchev–Trinajstić information content (AvgIpc) is 3.49. The third-order valence-corrected chi connectivity index (χ3v) is 10.9. The highest BCUT2D eigenvalue weighted by Gasteiger charge is 2.47. The summed E-state index contributed by atoms with van der Waals surface area (Å²) in [5, 5.41) is 13.5. The Bertz CT molecular complexity index is 1750. The van der Waals surface area contributed by atoms with E-state index in [1.54, 1.807) is 24.4 Å². The maximum absolute atomic E-state index is 13.6. The Balaban J connectivity index is 1.31. The summed E-state index contributed by atoms with van der Waals surface area (Å²) >= 11 is 1.39. The number of nitrogens with one attached hydrogen (secondary N) is 4. The molecule has 2 fully saturated rings. The van der Waals surface area contributed by atoms with Crippen LogP contribution >= 0.6 is 11.3 Å². The predicted molar refractivity (Wildman–Crippen MR) is 186 cm³/mol. The van der Waals surface area contributed by atoms with E-state index in [9.17, 15) is 28.8 Å². The monoisotopic (exact) mass is 675 g/mol. The summed E-state index contributed by atoms with van der Waals surface area (Å²) < 4.78 is 2.16. The Morgan fingerprint density at radius 2 is 1.83 bits per heavy atom. The van der Waals surface area contributed by atoms with E-state index in [0.29, 0.717) is 23.3 Å². The third kappa shape index (κ3) is 7.86. The van der Waals surface area contributed by atoms with Crippen LogP contribution in [-0.4, -0.2) is 52.1 Å². The minimum Gasteiger partial charge on any atom is -0.350 e. The molecule has 5 rings (SSSR count). The summed E-state index contributed by atoms with van der Waals surface area (Å²) in [6.45, 7) is 6.26. The van der Waals surface area contributed by atoms with Crippen molar-refractivity contribution in [3.05, 3.63) is 63.9 Å². The Morgan fingerprint density at radius 1 is 1.04 bits per heavy atom. The molecule has 4 amide bonds. The van der Waals surface area contributed by atoms with Gasteiger partial charge in [0.05, 0.1) is 5.56 Å². The quantitative estimate of drug-likeness (QED) is 0.209. The summed E-state index contributed by atoms with van der Waals surface area (Å²) in [7, 11) is 0. The van der Waals surface area contributed by atoms with Crippen molar-refractivity contribution < 1.29 is 24.0 Å². The lowest BCUT2D eigenvalue weighted by atomic mass is 9.59. The Hall–Kier alpha value is -4.32. The van der Waals surface area contributed by atoms with Crippen LogP contribution in [0, 0.1) is 17.8 Å². The molecule has 0 spiro atoms. The van der Waals surface area contributed by atoms with Crippen LogP contribution in [0.5, 0.6) is 0 Å². The largest absolute Gasteiger partial charge is 0.350 e. The zero-order chi connectivity index (χ0) is 34.4. The van der Waals surface area contributed by atoms with Gasteiger partial charge >= 0.3 is 0 Å². The molecule has 5 atom stereocenters. The van der Waals surface area contributed by atoms with Crippen molar-refractivity contribution in [1.29, 1.82) is 0 Å². The highest BCUT2D eigenvalue weighted by Crippen LogP contribution is 2.48. The summed E-state index contributed by atoms with van der Waals surface area (Å²) in [4.78, 5) is 78.4. The van der Waals surface area contributed by atoms with Gasteiger partial charge in [-0.15, -0.1) is 11.3 Å². The number of ketones is 1. The lowest BCUT2D eigenvalue weighted by Gasteiger charge is -2.52. The number of Topliss-reactive ketones (excluding diaryl/α,β-unsaturated/α-hetero) is 1. The molecule has 11 nitrogen and oxygen atoms in total. The molecule has 2 heterocycles. The van der Waals surface area contributed by atoms with Gasteiger partial charge in [0.15, 0.2) is 0 Å². The van der Waals surface area contributed by atoms with E-state index in [-0.39, 0.29) is 43.1 Å². The fraction of sp³-hybridized carbons (Fsp3) is 0.500. The number of anilines is 1. The summed E-state index contributed by atoms with van der Waals surface area (Å²) in [5.74, 6) is -1.54. The van der Waals surface area contributed by atoms with Crippen molar-refractivity contribution >= 4 is 56.5 Å². The van der Waals surface area contributed by atoms with Gasteiger partial charge < -0.3 is 25.8 Å². The smallest absolute Gasteiger partial charge is 0.287 e. The van der Waals surface area contributed by atoms with Gasteiger partial charge in [-0.1, -0.05) is 51.3 Å². The number of hydrogen-bond donors (Lipinski definition) is 4. The molecule has 0 bridgehead atoms. The molecule has 2 saturated carbocycles. The first-order chi connectivity index (χ1) is 23.0. The lowest BCUT2D eigenvalue weighted by molar-refractivity contribution is -0.138. The van der Waals surface area contributed by atoms with Gasteiger partial charge in [0.25, 0.3) is 17.4 Å². The van der Waals surface area contributed by atoms with Crippen LogP contribution in [-0.2, 0) is 25.7 Å². The average molecular weight is 676 g/mol. The van der Waals surface area contributed by atoms with Crippen LogP contribution in [0.2, 0.25) is 0 Å². The number of carbonyl (C=O) groups excluding carboxylic acids is 5. The molecule has 2 aromatic heterocycles. The summed E-state index contributed by atoms with van der Waals surface area (Å²) in [5.41, 5.74) is -0.541.